The summed E-state index contributed by atoms with van der Waals surface area (Å²) < 4.78 is 0. The standard InChI is InChI=1S/C13H19NS2/c1-10-3-4-11(13(7-10)15-2)8-14-12-5-6-16-9-12/h3-4,7,12,14H,5-6,8-9H2,1-2H3. The van der Waals surface area contributed by atoms with Crippen molar-refractivity contribution in [2.24, 2.45) is 0 Å². The van der Waals surface area contributed by atoms with Gasteiger partial charge in [-0.25, -0.2) is 0 Å². The maximum Gasteiger partial charge on any atom is 0.0219 e. The Bertz CT molecular complexity index is 346. The Morgan fingerprint density at radius 1 is 1.50 bits per heavy atom. The Hall–Kier alpha value is -0.120. The van der Waals surface area contributed by atoms with E-state index >= 15 is 0 Å². The highest BCUT2D eigenvalue weighted by atomic mass is 32.2. The van der Waals surface area contributed by atoms with Gasteiger partial charge in [-0.1, -0.05) is 12.1 Å². The third kappa shape index (κ3) is 3.19. The molecule has 3 heteroatoms. The van der Waals surface area contributed by atoms with Gasteiger partial charge in [0.2, 0.25) is 0 Å². The van der Waals surface area contributed by atoms with E-state index < -0.39 is 0 Å². The maximum atomic E-state index is 3.66. The normalized spacial score (nSPS) is 20.2. The van der Waals surface area contributed by atoms with Gasteiger partial charge in [0.1, 0.15) is 0 Å². The van der Waals surface area contributed by atoms with Crippen molar-refractivity contribution in [3.63, 3.8) is 0 Å². The molecule has 1 saturated heterocycles. The van der Waals surface area contributed by atoms with Crippen LogP contribution in [0.4, 0.5) is 0 Å². The highest BCUT2D eigenvalue weighted by molar-refractivity contribution is 7.99. The lowest BCUT2D eigenvalue weighted by Crippen LogP contribution is -2.28. The molecule has 88 valence electrons. The minimum Gasteiger partial charge on any atom is -0.309 e. The molecule has 0 spiro atoms. The molecule has 1 aromatic carbocycles. The summed E-state index contributed by atoms with van der Waals surface area (Å²) in [7, 11) is 0. The molecule has 0 aromatic heterocycles. The van der Waals surface area contributed by atoms with Gasteiger partial charge < -0.3 is 5.32 Å². The predicted molar refractivity (Wildman–Crippen MR) is 75.5 cm³/mol. The molecule has 1 aliphatic rings. The molecule has 1 unspecified atom stereocenters. The molecule has 1 aliphatic heterocycles. The van der Waals surface area contributed by atoms with E-state index in [9.17, 15) is 0 Å². The molecule has 0 amide bonds. The minimum atomic E-state index is 0.723. The molecule has 0 radical (unpaired) electrons. The first-order valence-corrected chi connectivity index (χ1v) is 8.12. The Morgan fingerprint density at radius 3 is 3.06 bits per heavy atom. The monoisotopic (exact) mass is 253 g/mol. The van der Waals surface area contributed by atoms with E-state index in [-0.39, 0.29) is 0 Å². The van der Waals surface area contributed by atoms with Gasteiger partial charge >= 0.3 is 0 Å². The first kappa shape index (κ1) is 12.3. The summed E-state index contributed by atoms with van der Waals surface area (Å²) in [5.74, 6) is 2.60. The van der Waals surface area contributed by atoms with E-state index in [0.29, 0.717) is 0 Å². The van der Waals surface area contributed by atoms with E-state index in [1.807, 2.05) is 11.8 Å². The molecular weight excluding hydrogens is 234 g/mol. The zero-order chi connectivity index (χ0) is 11.4. The Kier molecular flexibility index (Phi) is 4.62. The van der Waals surface area contributed by atoms with Crippen molar-refractivity contribution in [2.45, 2.75) is 30.8 Å². The second kappa shape index (κ2) is 5.99. The molecule has 1 aromatic rings. The van der Waals surface area contributed by atoms with Gasteiger partial charge in [0, 0.05) is 23.2 Å². The molecule has 2 rings (SSSR count). The highest BCUT2D eigenvalue weighted by Gasteiger charge is 2.14. The second-order valence-corrected chi connectivity index (χ2v) is 6.25. The van der Waals surface area contributed by atoms with Crippen LogP contribution in [-0.2, 0) is 6.54 Å². The van der Waals surface area contributed by atoms with Gasteiger partial charge in [0.15, 0.2) is 0 Å². The van der Waals surface area contributed by atoms with E-state index in [4.69, 9.17) is 0 Å². The summed E-state index contributed by atoms with van der Waals surface area (Å²) in [6, 6.07) is 7.47. The lowest BCUT2D eigenvalue weighted by Gasteiger charge is -2.13. The average molecular weight is 253 g/mol. The topological polar surface area (TPSA) is 12.0 Å². The summed E-state index contributed by atoms with van der Waals surface area (Å²) >= 11 is 3.91. The number of hydrogen-bond donors (Lipinski definition) is 1. The van der Waals surface area contributed by atoms with Crippen molar-refractivity contribution < 1.29 is 0 Å². The smallest absolute Gasteiger partial charge is 0.0219 e. The van der Waals surface area contributed by atoms with Crippen LogP contribution in [0.1, 0.15) is 17.5 Å². The average Bonchev–Trinajstić information content (AvgIpc) is 2.80. The summed E-state index contributed by atoms with van der Waals surface area (Å²) in [4.78, 5) is 1.41. The van der Waals surface area contributed by atoms with Crippen molar-refractivity contribution in [1.82, 2.24) is 5.32 Å². The number of rotatable bonds is 4. The zero-order valence-corrected chi connectivity index (χ0v) is 11.6. The van der Waals surface area contributed by atoms with Crippen molar-refractivity contribution >= 4 is 23.5 Å². The highest BCUT2D eigenvalue weighted by Crippen LogP contribution is 2.23. The first-order chi connectivity index (χ1) is 7.79. The third-order valence-corrected chi connectivity index (χ3v) is 4.94. The molecule has 1 fully saturated rings. The molecule has 0 saturated carbocycles. The van der Waals surface area contributed by atoms with E-state index in [1.54, 1.807) is 0 Å². The fourth-order valence-corrected chi connectivity index (χ4v) is 3.84. The Balaban J connectivity index is 1.97. The van der Waals surface area contributed by atoms with E-state index in [0.717, 1.165) is 12.6 Å². The van der Waals surface area contributed by atoms with Crippen LogP contribution >= 0.6 is 23.5 Å². The molecule has 1 heterocycles. The van der Waals surface area contributed by atoms with Crippen molar-refractivity contribution in [2.75, 3.05) is 17.8 Å². The number of nitrogens with one attached hydrogen (secondary N) is 1. The molecule has 0 bridgehead atoms. The molecule has 1 nitrogen and oxygen atoms in total. The Labute approximate surface area is 107 Å². The molecule has 1 atom stereocenters. The predicted octanol–water partition coefficient (Wildman–Crippen LogP) is 3.31. The quantitative estimate of drug-likeness (QED) is 0.827. The van der Waals surface area contributed by atoms with Crippen LogP contribution in [-0.4, -0.2) is 23.8 Å². The molecule has 0 aliphatic carbocycles. The summed E-state index contributed by atoms with van der Waals surface area (Å²) in [5, 5.41) is 3.66. The molecular formula is C13H19NS2. The summed E-state index contributed by atoms with van der Waals surface area (Å²) in [6.45, 7) is 3.17. The largest absolute Gasteiger partial charge is 0.309 e. The lowest BCUT2D eigenvalue weighted by atomic mass is 10.1. The van der Waals surface area contributed by atoms with E-state index in [2.05, 4.69) is 48.5 Å². The van der Waals surface area contributed by atoms with Crippen LogP contribution in [0.25, 0.3) is 0 Å². The summed E-state index contributed by atoms with van der Waals surface area (Å²) in [5.41, 5.74) is 2.79. The van der Waals surface area contributed by atoms with Gasteiger partial charge in [-0.05, 0) is 42.5 Å². The number of thioether (sulfide) groups is 2. The second-order valence-electron chi connectivity index (χ2n) is 4.26. The van der Waals surface area contributed by atoms with Crippen molar-refractivity contribution in [1.29, 1.82) is 0 Å². The third-order valence-electron chi connectivity index (χ3n) is 2.95. The SMILES string of the molecule is CSc1cc(C)ccc1CNC1CCSC1. The fourth-order valence-electron chi connectivity index (χ4n) is 1.95. The Morgan fingerprint density at radius 2 is 2.38 bits per heavy atom. The van der Waals surface area contributed by atoms with Crippen LogP contribution in [0.5, 0.6) is 0 Å². The first-order valence-electron chi connectivity index (χ1n) is 5.74. The lowest BCUT2D eigenvalue weighted by molar-refractivity contribution is 0.554. The van der Waals surface area contributed by atoms with Gasteiger partial charge in [0.25, 0.3) is 0 Å². The van der Waals surface area contributed by atoms with Crippen LogP contribution in [0, 0.1) is 6.92 Å². The van der Waals surface area contributed by atoms with Crippen LogP contribution < -0.4 is 5.32 Å². The van der Waals surface area contributed by atoms with Crippen LogP contribution in [0.3, 0.4) is 0 Å². The number of benzene rings is 1. The van der Waals surface area contributed by atoms with E-state index in [1.165, 1.54) is 33.9 Å². The van der Waals surface area contributed by atoms with Crippen LogP contribution in [0.2, 0.25) is 0 Å². The fraction of sp³-hybridized carbons (Fsp3) is 0.538. The van der Waals surface area contributed by atoms with Gasteiger partial charge in [-0.3, -0.25) is 0 Å². The summed E-state index contributed by atoms with van der Waals surface area (Å²) in [6.07, 6.45) is 3.48. The van der Waals surface area contributed by atoms with Gasteiger partial charge in [0.05, 0.1) is 0 Å². The zero-order valence-electron chi connectivity index (χ0n) is 9.95. The van der Waals surface area contributed by atoms with Gasteiger partial charge in [-0.15, -0.1) is 11.8 Å². The van der Waals surface area contributed by atoms with Crippen molar-refractivity contribution in [3.05, 3.63) is 29.3 Å². The van der Waals surface area contributed by atoms with Gasteiger partial charge in [-0.2, -0.15) is 11.8 Å². The molecule has 1 N–H and O–H groups in total. The molecule has 16 heavy (non-hydrogen) atoms. The van der Waals surface area contributed by atoms with Crippen molar-refractivity contribution in [3.8, 4) is 0 Å². The number of hydrogen-bond acceptors (Lipinski definition) is 3. The minimum absolute atomic E-state index is 0.723. The number of aryl methyl sites for hydroxylation is 1. The maximum absolute atomic E-state index is 3.66. The van der Waals surface area contributed by atoms with Crippen LogP contribution in [0.15, 0.2) is 23.1 Å².